The zero-order valence-corrected chi connectivity index (χ0v) is 12.8. The summed E-state index contributed by atoms with van der Waals surface area (Å²) in [5.41, 5.74) is 1.19. The number of nitrogens with zero attached hydrogens (tertiary/aromatic N) is 4. The number of hydrogen-bond acceptors (Lipinski definition) is 6. The fraction of sp³-hybridized carbons (Fsp3) is 0.533. The lowest BCUT2D eigenvalue weighted by atomic mass is 10.1. The third-order valence-electron chi connectivity index (χ3n) is 3.79. The Labute approximate surface area is 130 Å². The molecule has 2 aromatic heterocycles. The summed E-state index contributed by atoms with van der Waals surface area (Å²) >= 11 is 0. The smallest absolute Gasteiger partial charge is 0.131 e. The number of ether oxygens (including phenoxy) is 1. The Bertz CT molecular complexity index is 593. The van der Waals surface area contributed by atoms with Gasteiger partial charge in [-0.2, -0.15) is 5.10 Å². The Balaban J connectivity index is 1.51. The van der Waals surface area contributed by atoms with Crippen molar-refractivity contribution in [3.05, 3.63) is 30.4 Å². The number of anilines is 2. The standard InChI is InChI=1S/C15H22N6O/c1-21-13(5-7-19-21)4-6-16-14-9-15(18-11-17-14)20-12-3-2-8-22-10-12/h5,7,9,11-12H,2-4,6,8,10H2,1H3,(H2,16,17,18,20). The van der Waals surface area contributed by atoms with E-state index in [4.69, 9.17) is 4.74 Å². The molecule has 2 aromatic rings. The summed E-state index contributed by atoms with van der Waals surface area (Å²) in [5, 5.41) is 10.9. The summed E-state index contributed by atoms with van der Waals surface area (Å²) < 4.78 is 7.36. The van der Waals surface area contributed by atoms with Crippen molar-refractivity contribution < 1.29 is 4.74 Å². The van der Waals surface area contributed by atoms with E-state index in [9.17, 15) is 0 Å². The topological polar surface area (TPSA) is 76.9 Å². The maximum atomic E-state index is 5.47. The highest BCUT2D eigenvalue weighted by molar-refractivity contribution is 5.47. The van der Waals surface area contributed by atoms with Crippen molar-refractivity contribution in [2.45, 2.75) is 25.3 Å². The zero-order valence-electron chi connectivity index (χ0n) is 12.8. The monoisotopic (exact) mass is 302 g/mol. The molecule has 0 aromatic carbocycles. The van der Waals surface area contributed by atoms with Crippen LogP contribution in [0, 0.1) is 0 Å². The normalized spacial score (nSPS) is 18.1. The number of aryl methyl sites for hydroxylation is 1. The van der Waals surface area contributed by atoms with Crippen molar-refractivity contribution in [3.63, 3.8) is 0 Å². The average Bonchev–Trinajstić information content (AvgIpc) is 2.94. The predicted octanol–water partition coefficient (Wildman–Crippen LogP) is 1.46. The van der Waals surface area contributed by atoms with E-state index in [-0.39, 0.29) is 0 Å². The fourth-order valence-corrected chi connectivity index (χ4v) is 2.56. The van der Waals surface area contributed by atoms with Gasteiger partial charge in [0.25, 0.3) is 0 Å². The lowest BCUT2D eigenvalue weighted by Gasteiger charge is -2.23. The van der Waals surface area contributed by atoms with E-state index in [0.717, 1.165) is 50.7 Å². The molecule has 1 aliphatic rings. The summed E-state index contributed by atoms with van der Waals surface area (Å²) in [5.74, 6) is 1.67. The van der Waals surface area contributed by atoms with Crippen molar-refractivity contribution in [3.8, 4) is 0 Å². The molecule has 1 atom stereocenters. The van der Waals surface area contributed by atoms with Crippen LogP contribution in [0.3, 0.4) is 0 Å². The van der Waals surface area contributed by atoms with Crippen molar-refractivity contribution in [2.24, 2.45) is 7.05 Å². The molecule has 0 radical (unpaired) electrons. The maximum Gasteiger partial charge on any atom is 0.131 e. The zero-order chi connectivity index (χ0) is 15.2. The molecule has 22 heavy (non-hydrogen) atoms. The Morgan fingerprint density at radius 3 is 3.05 bits per heavy atom. The Morgan fingerprint density at radius 1 is 1.36 bits per heavy atom. The SMILES string of the molecule is Cn1nccc1CCNc1cc(NC2CCCOC2)ncn1. The van der Waals surface area contributed by atoms with Gasteiger partial charge in [0.05, 0.1) is 12.6 Å². The Morgan fingerprint density at radius 2 is 2.27 bits per heavy atom. The predicted molar refractivity (Wildman–Crippen MR) is 84.9 cm³/mol. The van der Waals surface area contributed by atoms with E-state index in [1.54, 1.807) is 6.33 Å². The molecule has 7 heteroatoms. The lowest BCUT2D eigenvalue weighted by Crippen LogP contribution is -2.30. The Kier molecular flexibility index (Phi) is 4.85. The molecule has 0 saturated carbocycles. The van der Waals surface area contributed by atoms with E-state index < -0.39 is 0 Å². The molecule has 7 nitrogen and oxygen atoms in total. The molecule has 1 unspecified atom stereocenters. The van der Waals surface area contributed by atoms with E-state index in [1.807, 2.05) is 30.1 Å². The van der Waals surface area contributed by atoms with Crippen LogP contribution in [0.25, 0.3) is 0 Å². The van der Waals surface area contributed by atoms with Gasteiger partial charge in [-0.3, -0.25) is 4.68 Å². The largest absolute Gasteiger partial charge is 0.379 e. The first-order valence-corrected chi connectivity index (χ1v) is 7.68. The van der Waals surface area contributed by atoms with Crippen molar-refractivity contribution in [1.82, 2.24) is 19.7 Å². The van der Waals surface area contributed by atoms with Crippen LogP contribution in [0.2, 0.25) is 0 Å². The van der Waals surface area contributed by atoms with Gasteiger partial charge in [0, 0.05) is 44.6 Å². The van der Waals surface area contributed by atoms with E-state index in [1.165, 1.54) is 5.69 Å². The minimum absolute atomic E-state index is 0.339. The Hall–Kier alpha value is -2.15. The number of rotatable bonds is 6. The van der Waals surface area contributed by atoms with Gasteiger partial charge in [0.2, 0.25) is 0 Å². The van der Waals surface area contributed by atoms with Gasteiger partial charge in [-0.15, -0.1) is 0 Å². The van der Waals surface area contributed by atoms with Crippen LogP contribution >= 0.6 is 0 Å². The third kappa shape index (κ3) is 3.94. The third-order valence-corrected chi connectivity index (χ3v) is 3.79. The second-order valence-electron chi connectivity index (χ2n) is 5.47. The molecule has 1 aliphatic heterocycles. The molecular formula is C15H22N6O. The van der Waals surface area contributed by atoms with Crippen molar-refractivity contribution in [2.75, 3.05) is 30.4 Å². The molecule has 0 bridgehead atoms. The first-order valence-electron chi connectivity index (χ1n) is 7.68. The van der Waals surface area contributed by atoms with Crippen LogP contribution in [0.4, 0.5) is 11.6 Å². The quantitative estimate of drug-likeness (QED) is 0.841. The molecule has 0 spiro atoms. The van der Waals surface area contributed by atoms with Crippen molar-refractivity contribution in [1.29, 1.82) is 0 Å². The van der Waals surface area contributed by atoms with Crippen LogP contribution in [-0.2, 0) is 18.2 Å². The van der Waals surface area contributed by atoms with Gasteiger partial charge >= 0.3 is 0 Å². The van der Waals surface area contributed by atoms with E-state index >= 15 is 0 Å². The van der Waals surface area contributed by atoms with E-state index in [0.29, 0.717) is 6.04 Å². The summed E-state index contributed by atoms with van der Waals surface area (Å²) in [6.07, 6.45) is 6.51. The molecular weight excluding hydrogens is 280 g/mol. The highest BCUT2D eigenvalue weighted by Gasteiger charge is 2.14. The number of nitrogens with one attached hydrogen (secondary N) is 2. The van der Waals surface area contributed by atoms with Gasteiger partial charge in [0.1, 0.15) is 18.0 Å². The van der Waals surface area contributed by atoms with Gasteiger partial charge < -0.3 is 15.4 Å². The lowest BCUT2D eigenvalue weighted by molar-refractivity contribution is 0.0875. The molecule has 2 N–H and O–H groups in total. The minimum atomic E-state index is 0.339. The second-order valence-corrected chi connectivity index (χ2v) is 5.47. The average molecular weight is 302 g/mol. The van der Waals surface area contributed by atoms with Gasteiger partial charge in [-0.25, -0.2) is 9.97 Å². The van der Waals surface area contributed by atoms with E-state index in [2.05, 4.69) is 25.7 Å². The summed E-state index contributed by atoms with van der Waals surface area (Å²) in [4.78, 5) is 8.53. The number of hydrogen-bond donors (Lipinski definition) is 2. The van der Waals surface area contributed by atoms with Gasteiger partial charge in [0.15, 0.2) is 0 Å². The minimum Gasteiger partial charge on any atom is -0.379 e. The summed E-state index contributed by atoms with van der Waals surface area (Å²) in [7, 11) is 1.95. The molecule has 0 aliphatic carbocycles. The van der Waals surface area contributed by atoms with Crippen LogP contribution in [0.5, 0.6) is 0 Å². The summed E-state index contributed by atoms with van der Waals surface area (Å²) in [6.45, 7) is 2.42. The molecule has 3 heterocycles. The summed E-state index contributed by atoms with van der Waals surface area (Å²) in [6, 6.07) is 4.31. The first kappa shape index (κ1) is 14.8. The maximum absolute atomic E-state index is 5.47. The van der Waals surface area contributed by atoms with Gasteiger partial charge in [-0.1, -0.05) is 0 Å². The molecule has 3 rings (SSSR count). The molecule has 118 valence electrons. The van der Waals surface area contributed by atoms with Crippen LogP contribution in [0.1, 0.15) is 18.5 Å². The molecule has 0 amide bonds. The highest BCUT2D eigenvalue weighted by atomic mass is 16.5. The van der Waals surface area contributed by atoms with Crippen LogP contribution in [-0.4, -0.2) is 45.5 Å². The molecule has 1 fully saturated rings. The van der Waals surface area contributed by atoms with Crippen LogP contribution < -0.4 is 10.6 Å². The highest BCUT2D eigenvalue weighted by Crippen LogP contribution is 2.14. The van der Waals surface area contributed by atoms with Crippen LogP contribution in [0.15, 0.2) is 24.7 Å². The molecule has 1 saturated heterocycles. The number of aromatic nitrogens is 4. The van der Waals surface area contributed by atoms with Gasteiger partial charge in [-0.05, 0) is 18.9 Å². The fourth-order valence-electron chi connectivity index (χ4n) is 2.56. The first-order chi connectivity index (χ1) is 10.8. The van der Waals surface area contributed by atoms with Crippen molar-refractivity contribution >= 4 is 11.6 Å². The second kappa shape index (κ2) is 7.22.